The van der Waals surface area contributed by atoms with E-state index in [1.807, 2.05) is 47.4 Å². The number of fused-ring (bicyclic) bond motifs is 1. The van der Waals surface area contributed by atoms with Crippen LogP contribution < -0.4 is 4.90 Å². The van der Waals surface area contributed by atoms with Crippen molar-refractivity contribution in [3.8, 4) is 0 Å². The average Bonchev–Trinajstić information content (AvgIpc) is 3.20. The molecule has 2 aromatic rings. The predicted octanol–water partition coefficient (Wildman–Crippen LogP) is 2.37. The molecular formula is C17H18N2O2. The van der Waals surface area contributed by atoms with Gasteiger partial charge in [-0.25, -0.2) is 0 Å². The van der Waals surface area contributed by atoms with E-state index >= 15 is 0 Å². The molecule has 1 aromatic heterocycles. The van der Waals surface area contributed by atoms with Gasteiger partial charge in [0.15, 0.2) is 0 Å². The maximum atomic E-state index is 12.6. The van der Waals surface area contributed by atoms with Crippen LogP contribution >= 0.6 is 0 Å². The lowest BCUT2D eigenvalue weighted by Crippen LogP contribution is -2.32. The zero-order valence-corrected chi connectivity index (χ0v) is 11.8. The van der Waals surface area contributed by atoms with Crippen molar-refractivity contribution in [1.29, 1.82) is 0 Å². The molecule has 0 radical (unpaired) electrons. The summed E-state index contributed by atoms with van der Waals surface area (Å²) in [5, 5.41) is 0. The maximum Gasteiger partial charge on any atom is 0.231 e. The van der Waals surface area contributed by atoms with E-state index < -0.39 is 0 Å². The molecule has 0 aliphatic carbocycles. The second-order valence-corrected chi connectivity index (χ2v) is 5.92. The molecule has 21 heavy (non-hydrogen) atoms. The average molecular weight is 282 g/mol. The number of carbonyl (C=O) groups is 1. The highest BCUT2D eigenvalue weighted by Crippen LogP contribution is 2.35. The molecule has 2 saturated heterocycles. The van der Waals surface area contributed by atoms with E-state index in [1.54, 1.807) is 6.26 Å². The molecule has 0 unspecified atom stereocenters. The Morgan fingerprint density at radius 2 is 1.90 bits per heavy atom. The number of amides is 1. The van der Waals surface area contributed by atoms with Crippen molar-refractivity contribution in [2.75, 3.05) is 24.5 Å². The summed E-state index contributed by atoms with van der Waals surface area (Å²) in [6.07, 6.45) is 1.70. The first kappa shape index (κ1) is 12.7. The van der Waals surface area contributed by atoms with Crippen LogP contribution in [-0.4, -0.2) is 30.4 Å². The third-order valence-corrected chi connectivity index (χ3v) is 4.54. The molecule has 2 atom stereocenters. The molecule has 0 saturated carbocycles. The number of nitrogens with zero attached hydrogens (tertiary/aromatic N) is 2. The van der Waals surface area contributed by atoms with Crippen molar-refractivity contribution >= 4 is 11.6 Å². The van der Waals surface area contributed by atoms with Crippen molar-refractivity contribution in [3.05, 3.63) is 54.5 Å². The first-order chi connectivity index (χ1) is 10.3. The lowest BCUT2D eigenvalue weighted by molar-refractivity contribution is -0.120. The Morgan fingerprint density at radius 3 is 2.62 bits per heavy atom. The maximum absolute atomic E-state index is 12.6. The van der Waals surface area contributed by atoms with Crippen LogP contribution in [0.4, 0.5) is 5.69 Å². The van der Waals surface area contributed by atoms with E-state index in [-0.39, 0.29) is 11.8 Å². The van der Waals surface area contributed by atoms with Crippen molar-refractivity contribution in [1.82, 2.24) is 4.90 Å². The highest BCUT2D eigenvalue weighted by molar-refractivity contribution is 5.98. The smallest absolute Gasteiger partial charge is 0.231 e. The monoisotopic (exact) mass is 282 g/mol. The second kappa shape index (κ2) is 5.04. The molecule has 0 spiro atoms. The number of hydrogen-bond acceptors (Lipinski definition) is 3. The normalized spacial score (nSPS) is 25.5. The summed E-state index contributed by atoms with van der Waals surface area (Å²) in [5.74, 6) is 1.82. The summed E-state index contributed by atoms with van der Waals surface area (Å²) < 4.78 is 5.40. The number of para-hydroxylation sites is 1. The van der Waals surface area contributed by atoms with E-state index in [0.29, 0.717) is 5.92 Å². The van der Waals surface area contributed by atoms with Crippen LogP contribution in [0.5, 0.6) is 0 Å². The van der Waals surface area contributed by atoms with E-state index in [0.717, 1.165) is 37.6 Å². The SMILES string of the molecule is O=C1[C@H]2CN(Cc3ccco3)C[C@@H]2CN1c1ccccc1. The minimum atomic E-state index is 0.139. The third kappa shape index (κ3) is 2.25. The number of furan rings is 1. The third-order valence-electron chi connectivity index (χ3n) is 4.54. The largest absolute Gasteiger partial charge is 0.468 e. The molecule has 4 rings (SSSR count). The van der Waals surface area contributed by atoms with Gasteiger partial charge in [0.25, 0.3) is 0 Å². The van der Waals surface area contributed by atoms with Gasteiger partial charge < -0.3 is 9.32 Å². The van der Waals surface area contributed by atoms with Crippen molar-refractivity contribution in [2.45, 2.75) is 6.54 Å². The Labute approximate surface area is 124 Å². The van der Waals surface area contributed by atoms with Crippen LogP contribution in [0.15, 0.2) is 53.1 Å². The van der Waals surface area contributed by atoms with Crippen molar-refractivity contribution in [2.24, 2.45) is 11.8 Å². The molecule has 1 aromatic carbocycles. The zero-order valence-electron chi connectivity index (χ0n) is 11.8. The highest BCUT2D eigenvalue weighted by atomic mass is 16.3. The number of benzene rings is 1. The van der Waals surface area contributed by atoms with Gasteiger partial charge in [0.2, 0.25) is 5.91 Å². The number of rotatable bonds is 3. The van der Waals surface area contributed by atoms with Crippen LogP contribution in [-0.2, 0) is 11.3 Å². The Kier molecular flexibility index (Phi) is 3.04. The summed E-state index contributed by atoms with van der Waals surface area (Å²) in [6, 6.07) is 13.9. The van der Waals surface area contributed by atoms with Crippen molar-refractivity contribution in [3.63, 3.8) is 0 Å². The van der Waals surface area contributed by atoms with Crippen LogP contribution in [0.25, 0.3) is 0 Å². The van der Waals surface area contributed by atoms with Crippen LogP contribution in [0.3, 0.4) is 0 Å². The van der Waals surface area contributed by atoms with Crippen LogP contribution in [0, 0.1) is 11.8 Å². The van der Waals surface area contributed by atoms with E-state index in [4.69, 9.17) is 4.42 Å². The summed E-state index contributed by atoms with van der Waals surface area (Å²) in [4.78, 5) is 16.9. The first-order valence-electron chi connectivity index (χ1n) is 7.42. The van der Waals surface area contributed by atoms with E-state index in [2.05, 4.69) is 4.90 Å². The second-order valence-electron chi connectivity index (χ2n) is 5.92. The number of hydrogen-bond donors (Lipinski definition) is 0. The number of carbonyl (C=O) groups excluding carboxylic acids is 1. The van der Waals surface area contributed by atoms with Gasteiger partial charge in [-0.15, -0.1) is 0 Å². The first-order valence-corrected chi connectivity index (χ1v) is 7.42. The molecule has 0 N–H and O–H groups in total. The summed E-state index contributed by atoms with van der Waals surface area (Å²) >= 11 is 0. The Hall–Kier alpha value is -2.07. The van der Waals surface area contributed by atoms with Gasteiger partial charge >= 0.3 is 0 Å². The van der Waals surface area contributed by atoms with E-state index in [9.17, 15) is 4.79 Å². The molecule has 3 heterocycles. The lowest BCUT2D eigenvalue weighted by Gasteiger charge is -2.21. The summed E-state index contributed by atoms with van der Waals surface area (Å²) in [6.45, 7) is 3.45. The quantitative estimate of drug-likeness (QED) is 0.867. The minimum absolute atomic E-state index is 0.139. The minimum Gasteiger partial charge on any atom is -0.468 e. The van der Waals surface area contributed by atoms with Gasteiger partial charge in [0, 0.05) is 31.2 Å². The number of likely N-dealkylation sites (tertiary alicyclic amines) is 1. The molecule has 1 amide bonds. The topological polar surface area (TPSA) is 36.7 Å². The predicted molar refractivity (Wildman–Crippen MR) is 79.8 cm³/mol. The molecule has 0 bridgehead atoms. The molecule has 2 aliphatic rings. The van der Waals surface area contributed by atoms with Gasteiger partial charge in [-0.05, 0) is 24.3 Å². The van der Waals surface area contributed by atoms with E-state index in [1.165, 1.54) is 0 Å². The molecule has 4 heteroatoms. The zero-order chi connectivity index (χ0) is 14.2. The molecule has 4 nitrogen and oxygen atoms in total. The van der Waals surface area contributed by atoms with Gasteiger partial charge in [0.05, 0.1) is 18.7 Å². The fraction of sp³-hybridized carbons (Fsp3) is 0.353. The Morgan fingerprint density at radius 1 is 1.05 bits per heavy atom. The number of anilines is 1. The molecule has 108 valence electrons. The van der Waals surface area contributed by atoms with Gasteiger partial charge in [-0.3, -0.25) is 9.69 Å². The van der Waals surface area contributed by atoms with Crippen LogP contribution in [0.2, 0.25) is 0 Å². The summed E-state index contributed by atoms with van der Waals surface area (Å²) in [7, 11) is 0. The fourth-order valence-electron chi connectivity index (χ4n) is 3.54. The van der Waals surface area contributed by atoms with Gasteiger partial charge in [-0.2, -0.15) is 0 Å². The van der Waals surface area contributed by atoms with Crippen molar-refractivity contribution < 1.29 is 9.21 Å². The highest BCUT2D eigenvalue weighted by Gasteiger charge is 2.46. The van der Waals surface area contributed by atoms with Crippen LogP contribution in [0.1, 0.15) is 5.76 Å². The fourth-order valence-corrected chi connectivity index (χ4v) is 3.54. The van der Waals surface area contributed by atoms with Gasteiger partial charge in [0.1, 0.15) is 5.76 Å². The summed E-state index contributed by atoms with van der Waals surface area (Å²) in [5.41, 5.74) is 1.02. The standard InChI is InChI=1S/C17H18N2O2/c20-17-16-12-18(11-15-7-4-8-21-15)9-13(16)10-19(17)14-5-2-1-3-6-14/h1-8,13,16H,9-12H2/t13-,16+/m1/s1. The van der Waals surface area contributed by atoms with Gasteiger partial charge in [-0.1, -0.05) is 18.2 Å². The lowest BCUT2D eigenvalue weighted by atomic mass is 10.0. The molecule has 2 fully saturated rings. The Bertz CT molecular complexity index is 624. The Balaban J connectivity index is 1.45. The molecule has 2 aliphatic heterocycles. The molecular weight excluding hydrogens is 264 g/mol.